The Bertz CT molecular complexity index is 479. The van der Waals surface area contributed by atoms with Crippen molar-refractivity contribution in [3.8, 4) is 0 Å². The van der Waals surface area contributed by atoms with E-state index in [0.29, 0.717) is 12.4 Å². The maximum absolute atomic E-state index is 5.49. The van der Waals surface area contributed by atoms with E-state index in [1.165, 1.54) is 5.56 Å². The van der Waals surface area contributed by atoms with Gasteiger partial charge in [0.15, 0.2) is 11.6 Å². The lowest BCUT2D eigenvalue weighted by molar-refractivity contribution is 0.385. The van der Waals surface area contributed by atoms with Crippen molar-refractivity contribution in [2.45, 2.75) is 13.5 Å². The first-order valence-electron chi connectivity index (χ1n) is 5.14. The highest BCUT2D eigenvalue weighted by Crippen LogP contribution is 2.17. The van der Waals surface area contributed by atoms with Crippen molar-refractivity contribution in [1.29, 1.82) is 0 Å². The van der Waals surface area contributed by atoms with Gasteiger partial charge < -0.3 is 15.2 Å². The van der Waals surface area contributed by atoms with E-state index in [4.69, 9.17) is 10.3 Å². The Kier molecular flexibility index (Phi) is 2.81. The van der Waals surface area contributed by atoms with Crippen molar-refractivity contribution in [2.75, 3.05) is 17.7 Å². The summed E-state index contributed by atoms with van der Waals surface area (Å²) in [4.78, 5) is 2.09. The molecule has 84 valence electrons. The largest absolute Gasteiger partial charge is 0.381 e. The third-order valence-corrected chi connectivity index (χ3v) is 2.41. The Morgan fingerprint density at radius 3 is 2.81 bits per heavy atom. The summed E-state index contributed by atoms with van der Waals surface area (Å²) >= 11 is 0. The molecule has 0 fully saturated rings. The minimum absolute atomic E-state index is 0.424. The topological polar surface area (TPSA) is 55.3 Å². The molecule has 1 aromatic carbocycles. The van der Waals surface area contributed by atoms with Crippen LogP contribution in [0.2, 0.25) is 0 Å². The lowest BCUT2D eigenvalue weighted by Crippen LogP contribution is -2.15. The van der Waals surface area contributed by atoms with Gasteiger partial charge in [0.25, 0.3) is 0 Å². The lowest BCUT2D eigenvalue weighted by Gasteiger charge is -2.17. The van der Waals surface area contributed by atoms with Gasteiger partial charge in [-0.05, 0) is 24.6 Å². The summed E-state index contributed by atoms with van der Waals surface area (Å²) in [5.41, 5.74) is 7.88. The molecule has 1 aromatic heterocycles. The van der Waals surface area contributed by atoms with E-state index in [1.807, 2.05) is 13.1 Å². The second-order valence-electron chi connectivity index (χ2n) is 3.91. The van der Waals surface area contributed by atoms with Crippen LogP contribution in [0.4, 0.5) is 11.5 Å². The van der Waals surface area contributed by atoms with E-state index in [0.717, 1.165) is 11.4 Å². The Morgan fingerprint density at radius 1 is 1.38 bits per heavy atom. The molecule has 0 saturated heterocycles. The van der Waals surface area contributed by atoms with Gasteiger partial charge in [-0.15, -0.1) is 0 Å². The number of anilines is 2. The number of benzene rings is 1. The number of hydrogen-bond donors (Lipinski definition) is 1. The molecule has 4 nitrogen and oxygen atoms in total. The molecule has 2 rings (SSSR count). The highest BCUT2D eigenvalue weighted by atomic mass is 16.5. The van der Waals surface area contributed by atoms with E-state index in [9.17, 15) is 0 Å². The normalized spacial score (nSPS) is 10.4. The van der Waals surface area contributed by atoms with Gasteiger partial charge >= 0.3 is 0 Å². The molecule has 0 amide bonds. The molecule has 1 heterocycles. The average Bonchev–Trinajstić information content (AvgIpc) is 2.64. The molecule has 0 aliphatic carbocycles. The molecular weight excluding hydrogens is 202 g/mol. The van der Waals surface area contributed by atoms with Crippen molar-refractivity contribution in [3.63, 3.8) is 0 Å². The predicted molar refractivity (Wildman–Crippen MR) is 64.2 cm³/mol. The summed E-state index contributed by atoms with van der Waals surface area (Å²) in [6.07, 6.45) is 0. The smallest absolute Gasteiger partial charge is 0.167 e. The molecule has 0 bridgehead atoms. The number of aryl methyl sites for hydroxylation is 1. The van der Waals surface area contributed by atoms with Crippen molar-refractivity contribution in [2.24, 2.45) is 0 Å². The first-order valence-corrected chi connectivity index (χ1v) is 5.14. The molecule has 0 radical (unpaired) electrons. The zero-order valence-electron chi connectivity index (χ0n) is 9.47. The van der Waals surface area contributed by atoms with Crippen molar-refractivity contribution in [3.05, 3.63) is 41.7 Å². The Morgan fingerprint density at radius 2 is 2.19 bits per heavy atom. The lowest BCUT2D eigenvalue weighted by atomic mass is 10.2. The highest BCUT2D eigenvalue weighted by Gasteiger charge is 2.06. The average molecular weight is 217 g/mol. The van der Waals surface area contributed by atoms with Gasteiger partial charge in [-0.2, -0.15) is 0 Å². The van der Waals surface area contributed by atoms with Crippen molar-refractivity contribution < 1.29 is 4.52 Å². The Labute approximate surface area is 94.6 Å². The zero-order valence-corrected chi connectivity index (χ0v) is 9.47. The maximum Gasteiger partial charge on any atom is 0.167 e. The van der Waals surface area contributed by atoms with Gasteiger partial charge in [-0.25, -0.2) is 0 Å². The van der Waals surface area contributed by atoms with Crippen LogP contribution in [0.15, 0.2) is 34.9 Å². The van der Waals surface area contributed by atoms with Crippen LogP contribution in [-0.2, 0) is 6.54 Å². The van der Waals surface area contributed by atoms with E-state index in [1.54, 1.807) is 6.07 Å². The molecule has 0 unspecified atom stereocenters. The standard InChI is InChI=1S/C12H15N3O/c1-9-4-3-5-10(6-9)15(2)8-11-7-12(13)14-16-11/h3-7H,8H2,1-2H3,(H2,13,14). The maximum atomic E-state index is 5.49. The first kappa shape index (κ1) is 10.5. The van der Waals surface area contributed by atoms with Gasteiger partial charge in [0.2, 0.25) is 0 Å². The minimum atomic E-state index is 0.424. The zero-order chi connectivity index (χ0) is 11.5. The summed E-state index contributed by atoms with van der Waals surface area (Å²) in [6, 6.07) is 10.0. The van der Waals surface area contributed by atoms with E-state index >= 15 is 0 Å². The molecule has 4 heteroatoms. The second-order valence-corrected chi connectivity index (χ2v) is 3.91. The number of aromatic nitrogens is 1. The fourth-order valence-corrected chi connectivity index (χ4v) is 1.59. The molecule has 0 aliphatic rings. The first-order chi connectivity index (χ1) is 7.65. The quantitative estimate of drug-likeness (QED) is 0.856. The van der Waals surface area contributed by atoms with Crippen LogP contribution in [0.1, 0.15) is 11.3 Å². The summed E-state index contributed by atoms with van der Waals surface area (Å²) in [5, 5.41) is 3.66. The monoisotopic (exact) mass is 217 g/mol. The molecule has 2 N–H and O–H groups in total. The molecule has 0 spiro atoms. The Hall–Kier alpha value is -1.97. The molecule has 0 atom stereocenters. The summed E-state index contributed by atoms with van der Waals surface area (Å²) in [6.45, 7) is 2.73. The second kappa shape index (κ2) is 4.26. The number of rotatable bonds is 3. The number of nitrogen functional groups attached to an aromatic ring is 1. The fraction of sp³-hybridized carbons (Fsp3) is 0.250. The van der Waals surface area contributed by atoms with Crippen LogP contribution in [0.3, 0.4) is 0 Å². The van der Waals surface area contributed by atoms with Crippen LogP contribution in [0.5, 0.6) is 0 Å². The number of nitrogens with two attached hydrogens (primary N) is 1. The van der Waals surface area contributed by atoms with Gasteiger partial charge in [0.05, 0.1) is 6.54 Å². The van der Waals surface area contributed by atoms with Crippen molar-refractivity contribution in [1.82, 2.24) is 5.16 Å². The third-order valence-electron chi connectivity index (χ3n) is 2.41. The van der Waals surface area contributed by atoms with Crippen LogP contribution in [0, 0.1) is 6.92 Å². The molecule has 16 heavy (non-hydrogen) atoms. The van der Waals surface area contributed by atoms with Gasteiger partial charge in [0, 0.05) is 18.8 Å². The molecule has 2 aromatic rings. The Balaban J connectivity index is 2.11. The van der Waals surface area contributed by atoms with E-state index < -0.39 is 0 Å². The minimum Gasteiger partial charge on any atom is -0.381 e. The fourth-order valence-electron chi connectivity index (χ4n) is 1.59. The number of hydrogen-bond acceptors (Lipinski definition) is 4. The van der Waals surface area contributed by atoms with E-state index in [2.05, 4.69) is 35.2 Å². The molecular formula is C12H15N3O. The van der Waals surface area contributed by atoms with E-state index in [-0.39, 0.29) is 0 Å². The number of nitrogens with zero attached hydrogens (tertiary/aromatic N) is 2. The van der Waals surface area contributed by atoms with Gasteiger partial charge in [-0.3, -0.25) is 0 Å². The van der Waals surface area contributed by atoms with Crippen LogP contribution < -0.4 is 10.6 Å². The highest BCUT2D eigenvalue weighted by molar-refractivity contribution is 5.48. The molecule has 0 aliphatic heterocycles. The summed E-state index contributed by atoms with van der Waals surface area (Å²) in [7, 11) is 2.01. The van der Waals surface area contributed by atoms with Crippen LogP contribution >= 0.6 is 0 Å². The van der Waals surface area contributed by atoms with Crippen LogP contribution in [0.25, 0.3) is 0 Å². The summed E-state index contributed by atoms with van der Waals surface area (Å²) in [5.74, 6) is 1.19. The molecule has 0 saturated carbocycles. The SMILES string of the molecule is Cc1cccc(N(C)Cc2cc(N)no2)c1. The third kappa shape index (κ3) is 2.34. The summed E-state index contributed by atoms with van der Waals surface area (Å²) < 4.78 is 5.07. The van der Waals surface area contributed by atoms with Gasteiger partial charge in [-0.1, -0.05) is 17.3 Å². The van der Waals surface area contributed by atoms with Crippen molar-refractivity contribution >= 4 is 11.5 Å². The predicted octanol–water partition coefficient (Wildman–Crippen LogP) is 2.20. The van der Waals surface area contributed by atoms with Crippen LogP contribution in [-0.4, -0.2) is 12.2 Å². The van der Waals surface area contributed by atoms with Gasteiger partial charge in [0.1, 0.15) is 0 Å².